The zero-order valence-electron chi connectivity index (χ0n) is 15.9. The molecule has 5 nitrogen and oxygen atoms in total. The number of nitrogens with zero attached hydrogens (tertiary/aromatic N) is 3. The van der Waals surface area contributed by atoms with Gasteiger partial charge in [-0.15, -0.1) is 10.2 Å². The van der Waals surface area contributed by atoms with Crippen molar-refractivity contribution in [2.24, 2.45) is 0 Å². The fourth-order valence-electron chi connectivity index (χ4n) is 2.56. The van der Waals surface area contributed by atoms with Crippen molar-refractivity contribution in [2.45, 2.75) is 42.9 Å². The highest BCUT2D eigenvalue weighted by molar-refractivity contribution is 7.99. The predicted octanol–water partition coefficient (Wildman–Crippen LogP) is 3.67. The fourth-order valence-corrected chi connectivity index (χ4v) is 3.48. The normalized spacial score (nSPS) is 11.1. The Hall–Kier alpha value is -2.78. The third kappa shape index (κ3) is 4.50. The number of nitrogens with one attached hydrogen (secondary N) is 1. The number of carbonyl (C=O) groups is 1. The number of hydrogen-bond acceptors (Lipinski definition) is 4. The van der Waals surface area contributed by atoms with Crippen molar-refractivity contribution in [3.63, 3.8) is 0 Å². The van der Waals surface area contributed by atoms with Crippen LogP contribution in [0.2, 0.25) is 0 Å². The number of amides is 1. The maximum absolute atomic E-state index is 11.6. The molecule has 0 radical (unpaired) electrons. The second-order valence-electron chi connectivity index (χ2n) is 7.07. The minimum atomic E-state index is -0.266. The van der Waals surface area contributed by atoms with E-state index in [1.54, 1.807) is 11.8 Å². The standard InChI is InChI=1S/C21H22N4OS/c1-5-22-19(26)13-10-15-8-6-7-9-17(15)27-16-11-12-18-23-24-20(21(2,3)4)25(18)14-16/h6-9,11-12,14H,5H2,1-4H3,(H,22,26). The quantitative estimate of drug-likeness (QED) is 0.707. The third-order valence-electron chi connectivity index (χ3n) is 3.81. The Morgan fingerprint density at radius 1 is 1.19 bits per heavy atom. The monoisotopic (exact) mass is 378 g/mol. The number of fused-ring (bicyclic) bond motifs is 1. The van der Waals surface area contributed by atoms with E-state index in [1.165, 1.54) is 0 Å². The molecule has 3 aromatic rings. The van der Waals surface area contributed by atoms with Crippen molar-refractivity contribution in [1.82, 2.24) is 19.9 Å². The molecule has 0 aliphatic carbocycles. The first-order chi connectivity index (χ1) is 12.9. The van der Waals surface area contributed by atoms with Crippen molar-refractivity contribution in [1.29, 1.82) is 0 Å². The molecule has 0 spiro atoms. The average Bonchev–Trinajstić information content (AvgIpc) is 3.05. The van der Waals surface area contributed by atoms with Gasteiger partial charge in [0, 0.05) is 39.4 Å². The van der Waals surface area contributed by atoms with Gasteiger partial charge in [-0.25, -0.2) is 0 Å². The summed E-state index contributed by atoms with van der Waals surface area (Å²) in [6, 6.07) is 11.8. The van der Waals surface area contributed by atoms with Gasteiger partial charge in [0.15, 0.2) is 5.65 Å². The van der Waals surface area contributed by atoms with E-state index >= 15 is 0 Å². The highest BCUT2D eigenvalue weighted by atomic mass is 32.2. The van der Waals surface area contributed by atoms with Crippen LogP contribution < -0.4 is 5.32 Å². The minimum absolute atomic E-state index is 0.0985. The Bertz CT molecular complexity index is 1040. The topological polar surface area (TPSA) is 59.3 Å². The second kappa shape index (κ2) is 7.85. The Labute approximate surface area is 163 Å². The molecule has 1 N–H and O–H groups in total. The molecule has 0 atom stereocenters. The van der Waals surface area contributed by atoms with Gasteiger partial charge in [0.2, 0.25) is 0 Å². The summed E-state index contributed by atoms with van der Waals surface area (Å²) in [6.07, 6.45) is 2.05. The molecule has 0 bridgehead atoms. The van der Waals surface area contributed by atoms with E-state index < -0.39 is 0 Å². The van der Waals surface area contributed by atoms with Crippen LogP contribution in [0.3, 0.4) is 0 Å². The van der Waals surface area contributed by atoms with Crippen LogP contribution in [0.4, 0.5) is 0 Å². The van der Waals surface area contributed by atoms with Gasteiger partial charge in [-0.1, -0.05) is 50.6 Å². The molecule has 1 aromatic carbocycles. The SMILES string of the molecule is CCNC(=O)C#Cc1ccccc1Sc1ccc2nnc(C(C)(C)C)n2c1. The molecule has 0 aliphatic heterocycles. The first-order valence-corrected chi connectivity index (χ1v) is 9.62. The average molecular weight is 379 g/mol. The summed E-state index contributed by atoms with van der Waals surface area (Å²) in [4.78, 5) is 13.7. The summed E-state index contributed by atoms with van der Waals surface area (Å²) in [7, 11) is 0. The Balaban J connectivity index is 1.93. The van der Waals surface area contributed by atoms with Gasteiger partial charge in [-0.3, -0.25) is 9.20 Å². The molecule has 138 valence electrons. The summed E-state index contributed by atoms with van der Waals surface area (Å²) < 4.78 is 2.03. The van der Waals surface area contributed by atoms with Crippen LogP contribution in [-0.2, 0) is 10.2 Å². The van der Waals surface area contributed by atoms with E-state index in [1.807, 2.05) is 47.7 Å². The molecule has 0 unspecified atom stereocenters. The van der Waals surface area contributed by atoms with Crippen molar-refractivity contribution in [3.05, 3.63) is 54.0 Å². The first-order valence-electron chi connectivity index (χ1n) is 8.80. The number of benzene rings is 1. The molecule has 3 rings (SSSR count). The smallest absolute Gasteiger partial charge is 0.296 e. The lowest BCUT2D eigenvalue weighted by Crippen LogP contribution is -2.20. The maximum atomic E-state index is 11.6. The van der Waals surface area contributed by atoms with Crippen LogP contribution in [0, 0.1) is 11.8 Å². The molecule has 6 heteroatoms. The van der Waals surface area contributed by atoms with Crippen LogP contribution in [0.1, 0.15) is 39.1 Å². The summed E-state index contributed by atoms with van der Waals surface area (Å²) in [5.74, 6) is 6.27. The van der Waals surface area contributed by atoms with Gasteiger partial charge >= 0.3 is 0 Å². The molecular weight excluding hydrogens is 356 g/mol. The van der Waals surface area contributed by atoms with Crippen LogP contribution in [0.5, 0.6) is 0 Å². The molecule has 2 heterocycles. The summed E-state index contributed by atoms with van der Waals surface area (Å²) >= 11 is 1.61. The number of hydrogen-bond donors (Lipinski definition) is 1. The summed E-state index contributed by atoms with van der Waals surface area (Å²) in [5.41, 5.74) is 1.56. The lowest BCUT2D eigenvalue weighted by molar-refractivity contribution is -0.115. The Kier molecular flexibility index (Phi) is 5.52. The second-order valence-corrected chi connectivity index (χ2v) is 8.19. The van der Waals surface area contributed by atoms with E-state index in [2.05, 4.69) is 54.3 Å². The van der Waals surface area contributed by atoms with Gasteiger partial charge in [-0.05, 0) is 31.2 Å². The molecule has 1 amide bonds. The highest BCUT2D eigenvalue weighted by Gasteiger charge is 2.21. The van der Waals surface area contributed by atoms with E-state index in [0.717, 1.165) is 26.8 Å². The number of pyridine rings is 1. The van der Waals surface area contributed by atoms with E-state index in [-0.39, 0.29) is 11.3 Å². The zero-order chi connectivity index (χ0) is 19.4. The van der Waals surface area contributed by atoms with Gasteiger partial charge in [0.25, 0.3) is 5.91 Å². The molecular formula is C21H22N4OS. The van der Waals surface area contributed by atoms with Crippen molar-refractivity contribution in [2.75, 3.05) is 6.54 Å². The van der Waals surface area contributed by atoms with Gasteiger partial charge < -0.3 is 5.32 Å². The number of carbonyl (C=O) groups excluding carboxylic acids is 1. The molecule has 0 aliphatic rings. The lowest BCUT2D eigenvalue weighted by Gasteiger charge is -2.16. The van der Waals surface area contributed by atoms with Crippen LogP contribution >= 0.6 is 11.8 Å². The Morgan fingerprint density at radius 2 is 1.96 bits per heavy atom. The van der Waals surface area contributed by atoms with Gasteiger partial charge in [0.05, 0.1) is 0 Å². The molecule has 0 saturated carbocycles. The Morgan fingerprint density at radius 3 is 2.70 bits per heavy atom. The molecule has 0 fully saturated rings. The maximum Gasteiger partial charge on any atom is 0.296 e. The van der Waals surface area contributed by atoms with Gasteiger partial charge in [-0.2, -0.15) is 0 Å². The largest absolute Gasteiger partial charge is 0.346 e. The predicted molar refractivity (Wildman–Crippen MR) is 108 cm³/mol. The zero-order valence-corrected chi connectivity index (χ0v) is 16.7. The lowest BCUT2D eigenvalue weighted by atomic mass is 9.96. The highest BCUT2D eigenvalue weighted by Crippen LogP contribution is 2.31. The van der Waals surface area contributed by atoms with E-state index in [9.17, 15) is 4.79 Å². The van der Waals surface area contributed by atoms with Crippen LogP contribution in [0.25, 0.3) is 5.65 Å². The number of aromatic nitrogens is 3. The van der Waals surface area contributed by atoms with Crippen molar-refractivity contribution in [3.8, 4) is 11.8 Å². The van der Waals surface area contributed by atoms with Crippen LogP contribution in [0.15, 0.2) is 52.4 Å². The van der Waals surface area contributed by atoms with E-state index in [4.69, 9.17) is 0 Å². The minimum Gasteiger partial charge on any atom is -0.346 e. The van der Waals surface area contributed by atoms with E-state index in [0.29, 0.717) is 6.54 Å². The summed E-state index contributed by atoms with van der Waals surface area (Å²) in [5, 5.41) is 11.3. The molecule has 0 saturated heterocycles. The molecule has 2 aromatic heterocycles. The van der Waals surface area contributed by atoms with Gasteiger partial charge in [0.1, 0.15) is 5.82 Å². The number of rotatable bonds is 3. The molecule has 27 heavy (non-hydrogen) atoms. The van der Waals surface area contributed by atoms with Crippen molar-refractivity contribution >= 4 is 23.3 Å². The third-order valence-corrected chi connectivity index (χ3v) is 4.86. The fraction of sp³-hybridized carbons (Fsp3) is 0.286. The van der Waals surface area contributed by atoms with Crippen molar-refractivity contribution < 1.29 is 4.79 Å². The van der Waals surface area contributed by atoms with Crippen LogP contribution in [-0.4, -0.2) is 27.0 Å². The first kappa shape index (κ1) is 19.0. The summed E-state index contributed by atoms with van der Waals surface area (Å²) in [6.45, 7) is 8.80.